The van der Waals surface area contributed by atoms with Crippen LogP contribution in [0.2, 0.25) is 0 Å². The maximum absolute atomic E-state index is 11.3. The molecule has 18 heavy (non-hydrogen) atoms. The molecule has 1 atom stereocenters. The molecule has 0 aromatic carbocycles. The molecule has 0 fully saturated rings. The molecule has 0 aliphatic carbocycles. The fourth-order valence-corrected chi connectivity index (χ4v) is 1.39. The first kappa shape index (κ1) is 14.3. The molecule has 1 rings (SSSR count). The van der Waals surface area contributed by atoms with Crippen molar-refractivity contribution in [2.75, 3.05) is 5.43 Å². The molecule has 6 heteroatoms. The Balaban J connectivity index is 2.70. The normalized spacial score (nSPS) is 13.4. The summed E-state index contributed by atoms with van der Waals surface area (Å²) < 4.78 is 0. The van der Waals surface area contributed by atoms with Crippen molar-refractivity contribution in [2.45, 2.75) is 47.0 Å². The smallest absolute Gasteiger partial charge is 0.274 e. The van der Waals surface area contributed by atoms with Crippen LogP contribution in [-0.4, -0.2) is 20.9 Å². The van der Waals surface area contributed by atoms with Crippen molar-refractivity contribution in [3.8, 4) is 0 Å². The van der Waals surface area contributed by atoms with Crippen LogP contribution in [0, 0.1) is 12.8 Å². The average molecular weight is 251 g/mol. The first-order valence-electron chi connectivity index (χ1n) is 6.31. The number of rotatable bonds is 6. The van der Waals surface area contributed by atoms with Crippen LogP contribution in [-0.2, 0) is 0 Å². The minimum Gasteiger partial charge on any atom is -0.288 e. The van der Waals surface area contributed by atoms with Gasteiger partial charge in [0.15, 0.2) is 0 Å². The summed E-state index contributed by atoms with van der Waals surface area (Å²) in [5, 5.41) is 11.8. The number of anilines is 1. The second kappa shape index (κ2) is 6.88. The summed E-state index contributed by atoms with van der Waals surface area (Å²) in [7, 11) is 0. The predicted octanol–water partition coefficient (Wildman–Crippen LogP) is 2.09. The Bertz CT molecular complexity index is 466. The number of nitrogens with zero attached hydrogens (tertiary/aromatic N) is 3. The summed E-state index contributed by atoms with van der Waals surface area (Å²) in [5.74, 6) is 0.884. The van der Waals surface area contributed by atoms with Gasteiger partial charge in [0.25, 0.3) is 5.56 Å². The Morgan fingerprint density at radius 2 is 2.17 bits per heavy atom. The Labute approximate surface area is 107 Å². The Morgan fingerprint density at radius 1 is 1.44 bits per heavy atom. The fourth-order valence-electron chi connectivity index (χ4n) is 1.39. The van der Waals surface area contributed by atoms with E-state index in [9.17, 15) is 4.79 Å². The molecule has 0 saturated carbocycles. The maximum Gasteiger partial charge on any atom is 0.274 e. The molecule has 100 valence electrons. The van der Waals surface area contributed by atoms with E-state index < -0.39 is 0 Å². The number of nitrogens with one attached hydrogen (secondary N) is 2. The third-order valence-corrected chi connectivity index (χ3v) is 2.87. The molecule has 6 nitrogen and oxygen atoms in total. The molecule has 1 aromatic heterocycles. The van der Waals surface area contributed by atoms with Crippen LogP contribution in [0.5, 0.6) is 0 Å². The molecular formula is C12H21N5O. The number of hydrogen-bond acceptors (Lipinski definition) is 5. The topological polar surface area (TPSA) is 83.0 Å². The van der Waals surface area contributed by atoms with Crippen LogP contribution in [0.4, 0.5) is 5.95 Å². The van der Waals surface area contributed by atoms with E-state index in [0.717, 1.165) is 25.0 Å². The van der Waals surface area contributed by atoms with Gasteiger partial charge < -0.3 is 0 Å². The standard InChI is InChI=1S/C12H21N5O/c1-5-8(3)7-10(6-2)15-17-12-13-11(18)9(4)14-16-12/h8H,5-7H2,1-4H3,(H2,13,16,17,18). The lowest BCUT2D eigenvalue weighted by Gasteiger charge is -2.09. The molecule has 2 N–H and O–H groups in total. The molecule has 1 aromatic rings. The van der Waals surface area contributed by atoms with E-state index in [1.807, 2.05) is 0 Å². The summed E-state index contributed by atoms with van der Waals surface area (Å²) >= 11 is 0. The maximum atomic E-state index is 11.3. The summed E-state index contributed by atoms with van der Waals surface area (Å²) in [4.78, 5) is 13.9. The number of aromatic nitrogens is 3. The van der Waals surface area contributed by atoms with Gasteiger partial charge in [-0.05, 0) is 25.7 Å². The zero-order valence-corrected chi connectivity index (χ0v) is 11.4. The third kappa shape index (κ3) is 4.27. The zero-order chi connectivity index (χ0) is 13.5. The van der Waals surface area contributed by atoms with Crippen molar-refractivity contribution >= 4 is 11.7 Å². The van der Waals surface area contributed by atoms with Gasteiger partial charge >= 0.3 is 0 Å². The number of aryl methyl sites for hydroxylation is 1. The van der Waals surface area contributed by atoms with Crippen molar-refractivity contribution in [1.29, 1.82) is 0 Å². The lowest BCUT2D eigenvalue weighted by molar-refractivity contribution is 0.583. The number of aromatic amines is 1. The summed E-state index contributed by atoms with van der Waals surface area (Å²) in [6.45, 7) is 8.03. The highest BCUT2D eigenvalue weighted by atomic mass is 16.1. The van der Waals surface area contributed by atoms with Crippen molar-refractivity contribution in [2.24, 2.45) is 11.0 Å². The monoisotopic (exact) mass is 251 g/mol. The second-order valence-corrected chi connectivity index (χ2v) is 4.45. The fraction of sp³-hybridized carbons (Fsp3) is 0.667. The quantitative estimate of drug-likeness (QED) is 0.599. The highest BCUT2D eigenvalue weighted by Gasteiger charge is 2.04. The molecular weight excluding hydrogens is 230 g/mol. The van der Waals surface area contributed by atoms with Crippen molar-refractivity contribution < 1.29 is 0 Å². The van der Waals surface area contributed by atoms with Gasteiger partial charge in [0, 0.05) is 5.71 Å². The van der Waals surface area contributed by atoms with E-state index >= 15 is 0 Å². The lowest BCUT2D eigenvalue weighted by atomic mass is 10.0. The van der Waals surface area contributed by atoms with E-state index in [-0.39, 0.29) is 11.5 Å². The molecule has 0 saturated heterocycles. The third-order valence-electron chi connectivity index (χ3n) is 2.87. The predicted molar refractivity (Wildman–Crippen MR) is 72.8 cm³/mol. The molecule has 0 spiro atoms. The lowest BCUT2D eigenvalue weighted by Crippen LogP contribution is -2.16. The van der Waals surface area contributed by atoms with Crippen LogP contribution < -0.4 is 11.0 Å². The summed E-state index contributed by atoms with van der Waals surface area (Å²) in [6.07, 6.45) is 2.95. The number of hydrazone groups is 1. The summed E-state index contributed by atoms with van der Waals surface area (Å²) in [5.41, 5.74) is 3.91. The van der Waals surface area contributed by atoms with E-state index in [2.05, 4.69) is 46.5 Å². The largest absolute Gasteiger partial charge is 0.288 e. The van der Waals surface area contributed by atoms with Crippen molar-refractivity contribution in [3.63, 3.8) is 0 Å². The van der Waals surface area contributed by atoms with Gasteiger partial charge in [-0.2, -0.15) is 5.10 Å². The van der Waals surface area contributed by atoms with E-state index in [0.29, 0.717) is 11.6 Å². The molecule has 0 aliphatic heterocycles. The van der Waals surface area contributed by atoms with E-state index in [4.69, 9.17) is 0 Å². The molecule has 0 radical (unpaired) electrons. The average Bonchev–Trinajstić information content (AvgIpc) is 2.38. The van der Waals surface area contributed by atoms with Gasteiger partial charge in [0.05, 0.1) is 0 Å². The highest BCUT2D eigenvalue weighted by Crippen LogP contribution is 2.09. The Hall–Kier alpha value is -1.72. The van der Waals surface area contributed by atoms with E-state index in [1.54, 1.807) is 6.92 Å². The van der Waals surface area contributed by atoms with Gasteiger partial charge in [0.2, 0.25) is 5.95 Å². The van der Waals surface area contributed by atoms with E-state index in [1.165, 1.54) is 0 Å². The minimum absolute atomic E-state index is 0.248. The second-order valence-electron chi connectivity index (χ2n) is 4.45. The van der Waals surface area contributed by atoms with Crippen LogP contribution in [0.3, 0.4) is 0 Å². The first-order valence-corrected chi connectivity index (χ1v) is 6.31. The summed E-state index contributed by atoms with van der Waals surface area (Å²) in [6, 6.07) is 0. The highest BCUT2D eigenvalue weighted by molar-refractivity contribution is 5.84. The van der Waals surface area contributed by atoms with Gasteiger partial charge in [-0.15, -0.1) is 10.2 Å². The van der Waals surface area contributed by atoms with Crippen LogP contribution >= 0.6 is 0 Å². The number of H-pyrrole nitrogens is 1. The van der Waals surface area contributed by atoms with Crippen molar-refractivity contribution in [1.82, 2.24) is 15.2 Å². The SMILES string of the molecule is CCC(CC(C)CC)=NNc1nnc(C)c(=O)[nH]1. The Kier molecular flexibility index (Phi) is 5.48. The van der Waals surface area contributed by atoms with Crippen molar-refractivity contribution in [3.05, 3.63) is 16.0 Å². The van der Waals surface area contributed by atoms with Gasteiger partial charge in [0.1, 0.15) is 5.69 Å². The van der Waals surface area contributed by atoms with Crippen LogP contribution in [0.1, 0.15) is 45.7 Å². The Morgan fingerprint density at radius 3 is 2.72 bits per heavy atom. The molecule has 1 unspecified atom stereocenters. The molecule has 0 bridgehead atoms. The van der Waals surface area contributed by atoms with Crippen LogP contribution in [0.15, 0.2) is 9.90 Å². The first-order chi connectivity index (χ1) is 8.56. The minimum atomic E-state index is -0.248. The molecule has 0 amide bonds. The number of hydrogen-bond donors (Lipinski definition) is 2. The zero-order valence-electron chi connectivity index (χ0n) is 11.4. The van der Waals surface area contributed by atoms with Gasteiger partial charge in [-0.1, -0.05) is 27.2 Å². The molecule has 1 heterocycles. The van der Waals surface area contributed by atoms with Gasteiger partial charge in [-0.25, -0.2) is 5.43 Å². The molecule has 0 aliphatic rings. The van der Waals surface area contributed by atoms with Gasteiger partial charge in [-0.3, -0.25) is 9.78 Å². The van der Waals surface area contributed by atoms with Crippen LogP contribution in [0.25, 0.3) is 0 Å².